The molecule has 0 saturated heterocycles. The van der Waals surface area contributed by atoms with Gasteiger partial charge in [-0.25, -0.2) is 0 Å². The molecule has 1 aliphatic rings. The molecule has 0 N–H and O–H groups in total. The third-order valence-corrected chi connectivity index (χ3v) is 4.22. The number of carbonyl (C=O) groups excluding carboxylic acids is 1. The van der Waals surface area contributed by atoms with E-state index in [1.165, 1.54) is 12.1 Å². The summed E-state index contributed by atoms with van der Waals surface area (Å²) in [7, 11) is 0. The molecule has 0 unspecified atom stereocenters. The maximum Gasteiger partial charge on any atom is 0.573 e. The topological polar surface area (TPSA) is 35.5 Å². The highest BCUT2D eigenvalue weighted by molar-refractivity contribution is 5.79. The van der Waals surface area contributed by atoms with Gasteiger partial charge in [0.15, 0.2) is 11.5 Å². The third-order valence-electron chi connectivity index (χ3n) is 4.22. The summed E-state index contributed by atoms with van der Waals surface area (Å²) in [5.41, 5.74) is 1.59. The van der Waals surface area contributed by atoms with Gasteiger partial charge in [0.25, 0.3) is 0 Å². The Hall–Kier alpha value is -2.50. The molecule has 132 valence electrons. The van der Waals surface area contributed by atoms with Gasteiger partial charge in [0.2, 0.25) is 0 Å². The van der Waals surface area contributed by atoms with Crippen molar-refractivity contribution < 1.29 is 27.4 Å². The molecular formula is C19H17F3O3. The number of aldehydes is 1. The smallest absolute Gasteiger partial charge is 0.489 e. The quantitative estimate of drug-likeness (QED) is 0.668. The molecule has 0 spiro atoms. The van der Waals surface area contributed by atoms with E-state index in [0.29, 0.717) is 35.5 Å². The Balaban J connectivity index is 1.89. The van der Waals surface area contributed by atoms with Crippen molar-refractivity contribution in [3.8, 4) is 22.6 Å². The molecule has 6 heteroatoms. The van der Waals surface area contributed by atoms with E-state index < -0.39 is 6.36 Å². The molecule has 1 fully saturated rings. The van der Waals surface area contributed by atoms with Crippen molar-refractivity contribution in [2.24, 2.45) is 5.92 Å². The van der Waals surface area contributed by atoms with Crippen LogP contribution in [0.3, 0.4) is 0 Å². The second-order valence-corrected chi connectivity index (χ2v) is 6.06. The molecule has 0 bridgehead atoms. The van der Waals surface area contributed by atoms with Gasteiger partial charge in [0.1, 0.15) is 6.29 Å². The largest absolute Gasteiger partial charge is 0.573 e. The fourth-order valence-corrected chi connectivity index (χ4v) is 2.67. The van der Waals surface area contributed by atoms with Crippen molar-refractivity contribution in [1.29, 1.82) is 0 Å². The van der Waals surface area contributed by atoms with Gasteiger partial charge in [-0.2, -0.15) is 0 Å². The second kappa shape index (κ2) is 7.17. The van der Waals surface area contributed by atoms with E-state index in [4.69, 9.17) is 4.74 Å². The first-order chi connectivity index (χ1) is 11.9. The monoisotopic (exact) mass is 350 g/mol. The molecule has 0 atom stereocenters. The lowest BCUT2D eigenvalue weighted by molar-refractivity contribution is -0.275. The highest BCUT2D eigenvalue weighted by Gasteiger charge is 2.33. The number of alkyl halides is 3. The summed E-state index contributed by atoms with van der Waals surface area (Å²) in [4.78, 5) is 10.9. The first-order valence-electron chi connectivity index (χ1n) is 8.03. The summed E-state index contributed by atoms with van der Waals surface area (Å²) >= 11 is 0. The van der Waals surface area contributed by atoms with Crippen LogP contribution in [0, 0.1) is 5.92 Å². The van der Waals surface area contributed by atoms with Gasteiger partial charge in [-0.3, -0.25) is 4.79 Å². The summed E-state index contributed by atoms with van der Waals surface area (Å²) in [5, 5.41) is 0. The van der Waals surface area contributed by atoms with Crippen LogP contribution in [0.4, 0.5) is 13.2 Å². The van der Waals surface area contributed by atoms with E-state index >= 15 is 0 Å². The molecule has 0 aliphatic heterocycles. The number of hydrogen-bond donors (Lipinski definition) is 0. The number of rotatable bonds is 6. The average Bonchev–Trinajstić information content (AvgIpc) is 2.53. The van der Waals surface area contributed by atoms with Crippen LogP contribution in [-0.4, -0.2) is 19.3 Å². The lowest BCUT2D eigenvalue weighted by Crippen LogP contribution is -2.21. The SMILES string of the molecule is O=Cc1cccc(-c2ccc(OCC3CCC3)c(OC(F)(F)F)c2)c1. The van der Waals surface area contributed by atoms with E-state index in [0.717, 1.165) is 19.3 Å². The van der Waals surface area contributed by atoms with E-state index in [-0.39, 0.29) is 11.5 Å². The fourth-order valence-electron chi connectivity index (χ4n) is 2.67. The van der Waals surface area contributed by atoms with Crippen molar-refractivity contribution in [1.82, 2.24) is 0 Å². The minimum absolute atomic E-state index is 0.0690. The lowest BCUT2D eigenvalue weighted by Gasteiger charge is -2.25. The zero-order valence-electron chi connectivity index (χ0n) is 13.4. The van der Waals surface area contributed by atoms with Crippen molar-refractivity contribution in [3.63, 3.8) is 0 Å². The summed E-state index contributed by atoms with van der Waals surface area (Å²) in [6.07, 6.45) is -0.922. The Morgan fingerprint density at radius 1 is 1.04 bits per heavy atom. The van der Waals surface area contributed by atoms with Gasteiger partial charge >= 0.3 is 6.36 Å². The highest BCUT2D eigenvalue weighted by atomic mass is 19.4. The van der Waals surface area contributed by atoms with Crippen LogP contribution in [0.25, 0.3) is 11.1 Å². The summed E-state index contributed by atoms with van der Waals surface area (Å²) < 4.78 is 47.9. The van der Waals surface area contributed by atoms with Gasteiger partial charge in [0.05, 0.1) is 6.61 Å². The molecular weight excluding hydrogens is 333 g/mol. The highest BCUT2D eigenvalue weighted by Crippen LogP contribution is 2.37. The maximum absolute atomic E-state index is 12.7. The maximum atomic E-state index is 12.7. The van der Waals surface area contributed by atoms with Crippen molar-refractivity contribution >= 4 is 6.29 Å². The molecule has 3 rings (SSSR count). The zero-order chi connectivity index (χ0) is 17.9. The summed E-state index contributed by atoms with van der Waals surface area (Å²) in [6, 6.07) is 11.0. The molecule has 0 heterocycles. The van der Waals surface area contributed by atoms with Gasteiger partial charge in [0, 0.05) is 5.56 Å². The van der Waals surface area contributed by atoms with Crippen LogP contribution in [0.5, 0.6) is 11.5 Å². The number of ether oxygens (including phenoxy) is 2. The Morgan fingerprint density at radius 3 is 2.44 bits per heavy atom. The summed E-state index contributed by atoms with van der Waals surface area (Å²) in [5.74, 6) is 0.0861. The number of hydrogen-bond acceptors (Lipinski definition) is 3. The zero-order valence-corrected chi connectivity index (χ0v) is 13.4. The molecule has 0 aromatic heterocycles. The summed E-state index contributed by atoms with van der Waals surface area (Å²) in [6.45, 7) is 0.383. The fraction of sp³-hybridized carbons (Fsp3) is 0.316. The van der Waals surface area contributed by atoms with Crippen LogP contribution < -0.4 is 9.47 Å². The Kier molecular flexibility index (Phi) is 4.97. The lowest BCUT2D eigenvalue weighted by atomic mass is 9.86. The molecule has 0 amide bonds. The van der Waals surface area contributed by atoms with Gasteiger partial charge in [-0.15, -0.1) is 13.2 Å². The molecule has 25 heavy (non-hydrogen) atoms. The second-order valence-electron chi connectivity index (χ2n) is 6.06. The van der Waals surface area contributed by atoms with Crippen molar-refractivity contribution in [2.75, 3.05) is 6.61 Å². The molecule has 1 aliphatic carbocycles. The van der Waals surface area contributed by atoms with Gasteiger partial charge < -0.3 is 9.47 Å². The number of halogens is 3. The number of benzene rings is 2. The average molecular weight is 350 g/mol. The number of carbonyl (C=O) groups is 1. The van der Waals surface area contributed by atoms with Crippen molar-refractivity contribution in [2.45, 2.75) is 25.6 Å². The molecule has 3 nitrogen and oxygen atoms in total. The van der Waals surface area contributed by atoms with Crippen LogP contribution in [0.1, 0.15) is 29.6 Å². The molecule has 1 saturated carbocycles. The third kappa shape index (κ3) is 4.53. The van der Waals surface area contributed by atoms with Crippen LogP contribution >= 0.6 is 0 Å². The van der Waals surface area contributed by atoms with E-state index in [2.05, 4.69) is 4.74 Å². The first-order valence-corrected chi connectivity index (χ1v) is 8.03. The normalized spacial score (nSPS) is 14.7. The molecule has 2 aromatic rings. The molecule has 2 aromatic carbocycles. The Labute approximate surface area is 143 Å². The van der Waals surface area contributed by atoms with Gasteiger partial charge in [-0.1, -0.05) is 30.7 Å². The van der Waals surface area contributed by atoms with Crippen LogP contribution in [0.2, 0.25) is 0 Å². The predicted octanol–water partition coefficient (Wildman–Crippen LogP) is 5.24. The first kappa shape index (κ1) is 17.3. The minimum atomic E-state index is -4.81. The minimum Gasteiger partial charge on any atom is -0.489 e. The van der Waals surface area contributed by atoms with Crippen molar-refractivity contribution in [3.05, 3.63) is 48.0 Å². The van der Waals surface area contributed by atoms with Gasteiger partial charge in [-0.05, 0) is 48.1 Å². The Bertz CT molecular complexity index is 752. The predicted molar refractivity (Wildman–Crippen MR) is 86.8 cm³/mol. The van der Waals surface area contributed by atoms with E-state index in [1.807, 2.05) is 0 Å². The van der Waals surface area contributed by atoms with E-state index in [1.54, 1.807) is 30.3 Å². The molecule has 0 radical (unpaired) electrons. The van der Waals surface area contributed by atoms with E-state index in [9.17, 15) is 18.0 Å². The standard InChI is InChI=1S/C19H17F3O3/c20-19(21,22)25-18-10-16(15-6-2-5-14(9-15)11-23)7-8-17(18)24-12-13-3-1-4-13/h2,5-11,13H,1,3-4,12H2. The van der Waals surface area contributed by atoms with Crippen LogP contribution in [-0.2, 0) is 0 Å². The van der Waals surface area contributed by atoms with Crippen LogP contribution in [0.15, 0.2) is 42.5 Å². The Morgan fingerprint density at radius 2 is 1.80 bits per heavy atom.